The second-order valence-corrected chi connectivity index (χ2v) is 10.2. The summed E-state index contributed by atoms with van der Waals surface area (Å²) >= 11 is 1.19. The summed E-state index contributed by atoms with van der Waals surface area (Å²) in [4.78, 5) is 28.6. The molecule has 3 amide bonds. The van der Waals surface area contributed by atoms with Crippen molar-refractivity contribution in [3.05, 3.63) is 18.2 Å². The van der Waals surface area contributed by atoms with Crippen molar-refractivity contribution in [2.45, 2.75) is 42.8 Å². The zero-order valence-corrected chi connectivity index (χ0v) is 19.9. The van der Waals surface area contributed by atoms with Crippen LogP contribution in [-0.2, 0) is 26.1 Å². The van der Waals surface area contributed by atoms with E-state index in [9.17, 15) is 18.0 Å². The number of thioether (sulfide) groups is 1. The van der Waals surface area contributed by atoms with Crippen LogP contribution in [0.3, 0.4) is 0 Å². The fourth-order valence-electron chi connectivity index (χ4n) is 3.52. The SMILES string of the molecule is CCn1c(SCC(=O)NC(=O)NCCOC)nc2cc(S(=O)(=O)N3CCCCC3)ccc21. The predicted molar refractivity (Wildman–Crippen MR) is 122 cm³/mol. The smallest absolute Gasteiger partial charge is 0.321 e. The fourth-order valence-corrected chi connectivity index (χ4v) is 5.94. The van der Waals surface area contributed by atoms with Gasteiger partial charge >= 0.3 is 6.03 Å². The largest absolute Gasteiger partial charge is 0.383 e. The van der Waals surface area contributed by atoms with Gasteiger partial charge in [0.2, 0.25) is 15.9 Å². The van der Waals surface area contributed by atoms with Crippen molar-refractivity contribution < 1.29 is 22.7 Å². The highest BCUT2D eigenvalue weighted by atomic mass is 32.2. The van der Waals surface area contributed by atoms with Crippen molar-refractivity contribution in [2.75, 3.05) is 39.1 Å². The molecule has 0 saturated carbocycles. The molecule has 10 nitrogen and oxygen atoms in total. The van der Waals surface area contributed by atoms with Crippen LogP contribution in [0, 0.1) is 0 Å². The summed E-state index contributed by atoms with van der Waals surface area (Å²) in [7, 11) is -2.03. The number of carbonyl (C=O) groups is 2. The highest BCUT2D eigenvalue weighted by molar-refractivity contribution is 7.99. The van der Waals surface area contributed by atoms with Gasteiger partial charge in [-0.3, -0.25) is 10.1 Å². The number of hydrogen-bond donors (Lipinski definition) is 2. The summed E-state index contributed by atoms with van der Waals surface area (Å²) in [6, 6.07) is 4.39. The van der Waals surface area contributed by atoms with Gasteiger partial charge in [0.25, 0.3) is 0 Å². The van der Waals surface area contributed by atoms with E-state index in [2.05, 4.69) is 15.6 Å². The van der Waals surface area contributed by atoms with E-state index < -0.39 is 22.0 Å². The number of nitrogens with one attached hydrogen (secondary N) is 2. The lowest BCUT2D eigenvalue weighted by Gasteiger charge is -2.25. The predicted octanol–water partition coefficient (Wildman–Crippen LogP) is 1.80. The minimum atomic E-state index is -3.55. The molecule has 1 aromatic carbocycles. The molecule has 32 heavy (non-hydrogen) atoms. The molecule has 12 heteroatoms. The Balaban J connectivity index is 1.71. The molecule has 0 aliphatic carbocycles. The second-order valence-electron chi connectivity index (χ2n) is 7.34. The number of hydrogen-bond acceptors (Lipinski definition) is 7. The van der Waals surface area contributed by atoms with Crippen LogP contribution in [-0.4, -0.2) is 73.3 Å². The van der Waals surface area contributed by atoms with Crippen LogP contribution in [0.5, 0.6) is 0 Å². The van der Waals surface area contributed by atoms with Crippen molar-refractivity contribution in [1.29, 1.82) is 0 Å². The fraction of sp³-hybridized carbons (Fsp3) is 0.550. The Labute approximate surface area is 192 Å². The lowest BCUT2D eigenvalue weighted by Crippen LogP contribution is -2.41. The molecule has 1 saturated heterocycles. The zero-order chi connectivity index (χ0) is 23.1. The Bertz CT molecular complexity index is 1060. The number of carbonyl (C=O) groups excluding carboxylic acids is 2. The van der Waals surface area contributed by atoms with Crippen LogP contribution in [0.4, 0.5) is 4.79 Å². The second kappa shape index (κ2) is 11.1. The summed E-state index contributed by atoms with van der Waals surface area (Å²) in [5.41, 5.74) is 1.36. The number of amides is 3. The van der Waals surface area contributed by atoms with Crippen molar-refractivity contribution >= 4 is 44.8 Å². The number of aromatic nitrogens is 2. The molecule has 2 heterocycles. The first-order chi connectivity index (χ1) is 15.4. The highest BCUT2D eigenvalue weighted by Crippen LogP contribution is 2.28. The molecule has 1 aliphatic rings. The standard InChI is InChI=1S/C20H29N5O5S2/c1-3-25-17-8-7-15(32(28,29)24-10-5-4-6-11-24)13-16(17)22-20(25)31-14-18(26)23-19(27)21-9-12-30-2/h7-8,13H,3-6,9-12,14H2,1-2H3,(H2,21,23,26,27). The summed E-state index contributed by atoms with van der Waals surface area (Å²) in [5.74, 6) is -0.451. The summed E-state index contributed by atoms with van der Waals surface area (Å²) < 4.78 is 34.3. The lowest BCUT2D eigenvalue weighted by atomic mass is 10.2. The average Bonchev–Trinajstić information content (AvgIpc) is 3.15. The Hall–Kier alpha value is -2.15. The maximum Gasteiger partial charge on any atom is 0.321 e. The minimum Gasteiger partial charge on any atom is -0.383 e. The number of benzene rings is 1. The van der Waals surface area contributed by atoms with Gasteiger partial charge in [-0.15, -0.1) is 0 Å². The number of fused-ring (bicyclic) bond motifs is 1. The Morgan fingerprint density at radius 3 is 2.66 bits per heavy atom. The van der Waals surface area contributed by atoms with Crippen molar-refractivity contribution in [3.8, 4) is 0 Å². The Morgan fingerprint density at radius 1 is 1.22 bits per heavy atom. The van der Waals surface area contributed by atoms with E-state index in [0.29, 0.717) is 43.5 Å². The summed E-state index contributed by atoms with van der Waals surface area (Å²) in [5, 5.41) is 5.36. The maximum atomic E-state index is 13.0. The van der Waals surface area contributed by atoms with Gasteiger partial charge in [0.15, 0.2) is 5.16 Å². The van der Waals surface area contributed by atoms with E-state index >= 15 is 0 Å². The molecule has 2 aromatic rings. The Morgan fingerprint density at radius 2 is 1.97 bits per heavy atom. The molecule has 176 valence electrons. The van der Waals surface area contributed by atoms with Crippen LogP contribution in [0.25, 0.3) is 11.0 Å². The van der Waals surface area contributed by atoms with Crippen LogP contribution in [0.1, 0.15) is 26.2 Å². The molecule has 0 radical (unpaired) electrons. The quantitative estimate of drug-likeness (QED) is 0.412. The molecular formula is C20H29N5O5S2. The highest BCUT2D eigenvalue weighted by Gasteiger charge is 2.26. The summed E-state index contributed by atoms with van der Waals surface area (Å²) in [6.07, 6.45) is 2.80. The maximum absolute atomic E-state index is 13.0. The van der Waals surface area contributed by atoms with E-state index in [4.69, 9.17) is 4.74 Å². The summed E-state index contributed by atoms with van der Waals surface area (Å²) in [6.45, 7) is 4.30. The van der Waals surface area contributed by atoms with Gasteiger partial charge in [0.1, 0.15) is 0 Å². The van der Waals surface area contributed by atoms with E-state index in [1.54, 1.807) is 18.2 Å². The number of imidazole rings is 1. The van der Waals surface area contributed by atoms with Gasteiger partial charge in [-0.2, -0.15) is 4.31 Å². The number of urea groups is 1. The molecular weight excluding hydrogens is 454 g/mol. The molecule has 0 bridgehead atoms. The number of piperidine rings is 1. The van der Waals surface area contributed by atoms with Gasteiger partial charge in [-0.25, -0.2) is 18.2 Å². The van der Waals surface area contributed by atoms with E-state index in [1.807, 2.05) is 11.5 Å². The molecule has 2 N–H and O–H groups in total. The van der Waals surface area contributed by atoms with E-state index in [0.717, 1.165) is 24.8 Å². The zero-order valence-electron chi connectivity index (χ0n) is 18.3. The van der Waals surface area contributed by atoms with Gasteiger partial charge in [-0.1, -0.05) is 18.2 Å². The molecule has 1 fully saturated rings. The van der Waals surface area contributed by atoms with Crippen LogP contribution in [0.2, 0.25) is 0 Å². The average molecular weight is 484 g/mol. The number of ether oxygens (including phenoxy) is 1. The van der Waals surface area contributed by atoms with Crippen LogP contribution in [0.15, 0.2) is 28.3 Å². The van der Waals surface area contributed by atoms with Gasteiger partial charge in [-0.05, 0) is 38.0 Å². The van der Waals surface area contributed by atoms with Crippen LogP contribution < -0.4 is 10.6 Å². The number of aryl methyl sites for hydroxylation is 1. The van der Waals surface area contributed by atoms with Gasteiger partial charge in [0, 0.05) is 33.3 Å². The van der Waals surface area contributed by atoms with Crippen molar-refractivity contribution in [1.82, 2.24) is 24.5 Å². The van der Waals surface area contributed by atoms with Gasteiger partial charge in [0.05, 0.1) is 28.3 Å². The van der Waals surface area contributed by atoms with Crippen molar-refractivity contribution in [3.63, 3.8) is 0 Å². The first kappa shape index (κ1) is 24.5. The molecule has 1 aliphatic heterocycles. The normalized spacial score (nSPS) is 15.1. The topological polar surface area (TPSA) is 123 Å². The number of rotatable bonds is 9. The third-order valence-electron chi connectivity index (χ3n) is 5.13. The van der Waals surface area contributed by atoms with Crippen LogP contribution >= 0.6 is 11.8 Å². The third kappa shape index (κ3) is 5.80. The first-order valence-electron chi connectivity index (χ1n) is 10.6. The molecule has 0 unspecified atom stereocenters. The minimum absolute atomic E-state index is 0.0000464. The monoisotopic (exact) mass is 483 g/mol. The number of methoxy groups -OCH3 is 1. The van der Waals surface area contributed by atoms with Crippen molar-refractivity contribution in [2.24, 2.45) is 0 Å². The lowest BCUT2D eigenvalue weighted by molar-refractivity contribution is -0.117. The van der Waals surface area contributed by atoms with E-state index in [-0.39, 0.29) is 10.6 Å². The first-order valence-corrected chi connectivity index (χ1v) is 13.0. The molecule has 0 spiro atoms. The molecule has 3 rings (SSSR count). The number of imide groups is 1. The number of sulfonamides is 1. The molecule has 1 aromatic heterocycles. The number of nitrogens with zero attached hydrogens (tertiary/aromatic N) is 3. The third-order valence-corrected chi connectivity index (χ3v) is 8.00. The Kier molecular flexibility index (Phi) is 8.51. The van der Waals surface area contributed by atoms with E-state index in [1.165, 1.54) is 23.2 Å². The molecule has 0 atom stereocenters. The van der Waals surface area contributed by atoms with Gasteiger partial charge < -0.3 is 14.6 Å².